The van der Waals surface area contributed by atoms with Gasteiger partial charge >= 0.3 is 0 Å². The van der Waals surface area contributed by atoms with E-state index in [-0.39, 0.29) is 0 Å². The maximum absolute atomic E-state index is 5.27. The molecule has 1 fully saturated rings. The lowest BCUT2D eigenvalue weighted by Gasteiger charge is -2.43. The van der Waals surface area contributed by atoms with Crippen LogP contribution in [0.2, 0.25) is 0 Å². The van der Waals surface area contributed by atoms with Crippen molar-refractivity contribution in [1.29, 1.82) is 0 Å². The summed E-state index contributed by atoms with van der Waals surface area (Å²) in [7, 11) is 1.80. The monoisotopic (exact) mass is 284 g/mol. The Bertz CT molecular complexity index is 266. The number of rotatable bonds is 8. The molecule has 3 nitrogen and oxygen atoms in total. The largest absolute Gasteiger partial charge is 0.383 e. The number of hydrogen-bond donors (Lipinski definition) is 1. The molecular formula is C17H36N2O. The van der Waals surface area contributed by atoms with Crippen LogP contribution in [0.4, 0.5) is 0 Å². The Labute approximate surface area is 126 Å². The minimum atomic E-state index is 0.500. The van der Waals surface area contributed by atoms with Crippen LogP contribution in [0, 0.1) is 11.3 Å². The van der Waals surface area contributed by atoms with E-state index >= 15 is 0 Å². The predicted octanol–water partition coefficient (Wildman–Crippen LogP) is 3.15. The molecule has 0 bridgehead atoms. The summed E-state index contributed by atoms with van der Waals surface area (Å²) in [5.41, 5.74) is 0.500. The summed E-state index contributed by atoms with van der Waals surface area (Å²) in [5.74, 6) is 0.762. The molecule has 1 aliphatic rings. The van der Waals surface area contributed by atoms with Crippen LogP contribution in [0.3, 0.4) is 0 Å². The normalized spacial score (nSPS) is 26.4. The highest BCUT2D eigenvalue weighted by Gasteiger charge is 2.35. The van der Waals surface area contributed by atoms with E-state index in [2.05, 4.69) is 44.8 Å². The SMILES string of the molecule is CCNC1CCC(C)(C)CC1CN(CCOC)C(C)C. The van der Waals surface area contributed by atoms with Crippen molar-refractivity contribution < 1.29 is 4.74 Å². The van der Waals surface area contributed by atoms with Crippen LogP contribution in [-0.4, -0.2) is 50.3 Å². The third-order valence-electron chi connectivity index (χ3n) is 4.76. The molecule has 0 spiro atoms. The molecule has 0 aromatic rings. The lowest BCUT2D eigenvalue weighted by Crippen LogP contribution is -2.49. The van der Waals surface area contributed by atoms with E-state index in [1.807, 2.05) is 0 Å². The van der Waals surface area contributed by atoms with Crippen molar-refractivity contribution in [2.75, 3.05) is 33.4 Å². The number of nitrogens with one attached hydrogen (secondary N) is 1. The van der Waals surface area contributed by atoms with Gasteiger partial charge in [0.15, 0.2) is 0 Å². The molecule has 1 rings (SSSR count). The van der Waals surface area contributed by atoms with E-state index in [0.717, 1.165) is 25.6 Å². The van der Waals surface area contributed by atoms with Crippen molar-refractivity contribution in [2.45, 2.75) is 66.0 Å². The molecule has 20 heavy (non-hydrogen) atoms. The van der Waals surface area contributed by atoms with Crippen LogP contribution >= 0.6 is 0 Å². The van der Waals surface area contributed by atoms with Crippen molar-refractivity contribution in [3.05, 3.63) is 0 Å². The van der Waals surface area contributed by atoms with Crippen molar-refractivity contribution in [2.24, 2.45) is 11.3 Å². The van der Waals surface area contributed by atoms with Gasteiger partial charge in [-0.05, 0) is 51.0 Å². The molecule has 0 amide bonds. The second kappa shape index (κ2) is 8.35. The number of nitrogens with zero attached hydrogens (tertiary/aromatic N) is 1. The summed E-state index contributed by atoms with van der Waals surface area (Å²) in [5, 5.41) is 3.71. The molecule has 3 heteroatoms. The molecule has 0 aromatic heterocycles. The highest BCUT2D eigenvalue weighted by molar-refractivity contribution is 4.90. The second-order valence-electron chi connectivity index (χ2n) is 7.41. The zero-order valence-corrected chi connectivity index (χ0v) is 14.5. The van der Waals surface area contributed by atoms with Crippen LogP contribution in [0.15, 0.2) is 0 Å². The van der Waals surface area contributed by atoms with E-state index < -0.39 is 0 Å². The van der Waals surface area contributed by atoms with E-state index in [1.165, 1.54) is 25.8 Å². The Morgan fingerprint density at radius 2 is 2.05 bits per heavy atom. The summed E-state index contributed by atoms with van der Waals surface area (Å²) < 4.78 is 5.27. The first-order valence-electron chi connectivity index (χ1n) is 8.36. The molecule has 0 radical (unpaired) electrons. The zero-order chi connectivity index (χ0) is 15.2. The van der Waals surface area contributed by atoms with Crippen LogP contribution in [0.1, 0.15) is 53.9 Å². The average Bonchev–Trinajstić information content (AvgIpc) is 2.36. The smallest absolute Gasteiger partial charge is 0.0589 e. The van der Waals surface area contributed by atoms with E-state index in [0.29, 0.717) is 17.5 Å². The molecule has 1 aliphatic carbocycles. The van der Waals surface area contributed by atoms with E-state index in [1.54, 1.807) is 7.11 Å². The molecular weight excluding hydrogens is 248 g/mol. The van der Waals surface area contributed by atoms with Crippen molar-refractivity contribution in [1.82, 2.24) is 10.2 Å². The van der Waals surface area contributed by atoms with Gasteiger partial charge in [-0.2, -0.15) is 0 Å². The summed E-state index contributed by atoms with van der Waals surface area (Å²) in [6, 6.07) is 1.29. The number of methoxy groups -OCH3 is 1. The minimum Gasteiger partial charge on any atom is -0.383 e. The van der Waals surface area contributed by atoms with Gasteiger partial charge in [0.05, 0.1) is 6.61 Å². The standard InChI is InChI=1S/C17H36N2O/c1-7-18-16-8-9-17(4,5)12-15(16)13-19(14(2)3)10-11-20-6/h14-16,18H,7-13H2,1-6H3. The first-order chi connectivity index (χ1) is 9.39. The third-order valence-corrected chi connectivity index (χ3v) is 4.76. The maximum Gasteiger partial charge on any atom is 0.0589 e. The van der Waals surface area contributed by atoms with E-state index in [9.17, 15) is 0 Å². The van der Waals surface area contributed by atoms with Crippen LogP contribution in [0.5, 0.6) is 0 Å². The molecule has 2 unspecified atom stereocenters. The van der Waals surface area contributed by atoms with Gasteiger partial charge in [-0.1, -0.05) is 20.8 Å². The molecule has 0 aliphatic heterocycles. The summed E-state index contributed by atoms with van der Waals surface area (Å²) in [6.07, 6.45) is 4.00. The molecule has 120 valence electrons. The Morgan fingerprint density at radius 1 is 1.35 bits per heavy atom. The van der Waals surface area contributed by atoms with Crippen molar-refractivity contribution in [3.63, 3.8) is 0 Å². The van der Waals surface area contributed by atoms with Gasteiger partial charge in [0.1, 0.15) is 0 Å². The quantitative estimate of drug-likeness (QED) is 0.741. The highest BCUT2D eigenvalue weighted by atomic mass is 16.5. The Hall–Kier alpha value is -0.120. The first kappa shape index (κ1) is 17.9. The van der Waals surface area contributed by atoms with Gasteiger partial charge in [0.25, 0.3) is 0 Å². The molecule has 2 atom stereocenters. The lowest BCUT2D eigenvalue weighted by molar-refractivity contribution is 0.0701. The summed E-state index contributed by atoms with van der Waals surface area (Å²) in [6.45, 7) is 15.8. The van der Waals surface area contributed by atoms with Crippen molar-refractivity contribution >= 4 is 0 Å². The summed E-state index contributed by atoms with van der Waals surface area (Å²) >= 11 is 0. The fourth-order valence-corrected chi connectivity index (χ4v) is 3.53. The van der Waals surface area contributed by atoms with Gasteiger partial charge in [0.2, 0.25) is 0 Å². The van der Waals surface area contributed by atoms with Gasteiger partial charge in [0, 0.05) is 32.3 Å². The third kappa shape index (κ3) is 5.71. The molecule has 0 aromatic carbocycles. The Kier molecular flexibility index (Phi) is 7.49. The molecule has 0 saturated heterocycles. The molecule has 1 N–H and O–H groups in total. The Balaban J connectivity index is 2.65. The van der Waals surface area contributed by atoms with Crippen LogP contribution in [-0.2, 0) is 4.74 Å². The fraction of sp³-hybridized carbons (Fsp3) is 1.00. The first-order valence-corrected chi connectivity index (χ1v) is 8.36. The van der Waals surface area contributed by atoms with Crippen LogP contribution in [0.25, 0.3) is 0 Å². The fourth-order valence-electron chi connectivity index (χ4n) is 3.53. The summed E-state index contributed by atoms with van der Waals surface area (Å²) in [4.78, 5) is 2.58. The highest BCUT2D eigenvalue weighted by Crippen LogP contribution is 2.39. The van der Waals surface area contributed by atoms with Gasteiger partial charge in [-0.3, -0.25) is 4.90 Å². The van der Waals surface area contributed by atoms with Crippen LogP contribution < -0.4 is 5.32 Å². The number of hydrogen-bond acceptors (Lipinski definition) is 3. The van der Waals surface area contributed by atoms with Gasteiger partial charge in [-0.15, -0.1) is 0 Å². The minimum absolute atomic E-state index is 0.500. The van der Waals surface area contributed by atoms with E-state index in [4.69, 9.17) is 4.74 Å². The zero-order valence-electron chi connectivity index (χ0n) is 14.5. The Morgan fingerprint density at radius 3 is 2.60 bits per heavy atom. The lowest BCUT2D eigenvalue weighted by atomic mass is 9.69. The second-order valence-corrected chi connectivity index (χ2v) is 7.41. The average molecular weight is 284 g/mol. The maximum atomic E-state index is 5.27. The van der Waals surface area contributed by atoms with Gasteiger partial charge < -0.3 is 10.1 Å². The van der Waals surface area contributed by atoms with Gasteiger partial charge in [-0.25, -0.2) is 0 Å². The molecule has 1 saturated carbocycles. The topological polar surface area (TPSA) is 24.5 Å². The van der Waals surface area contributed by atoms with Crippen molar-refractivity contribution in [3.8, 4) is 0 Å². The number of ether oxygens (including phenoxy) is 1. The molecule has 0 heterocycles. The predicted molar refractivity (Wildman–Crippen MR) is 87.2 cm³/mol.